The van der Waals surface area contributed by atoms with Crippen molar-refractivity contribution < 1.29 is 4.79 Å². The number of aromatic nitrogens is 2. The first-order chi connectivity index (χ1) is 10.5. The molecular weight excluding hydrogens is 304 g/mol. The summed E-state index contributed by atoms with van der Waals surface area (Å²) in [7, 11) is 0. The van der Waals surface area contributed by atoms with Crippen molar-refractivity contribution in [2.24, 2.45) is 0 Å². The van der Waals surface area contributed by atoms with E-state index in [1.165, 1.54) is 0 Å². The van der Waals surface area contributed by atoms with E-state index in [9.17, 15) is 4.79 Å². The molecule has 7 nitrogen and oxygen atoms in total. The largest absolute Gasteiger partial charge is 0.368 e. The minimum absolute atomic E-state index is 0.169. The Bertz CT molecular complexity index is 494. The summed E-state index contributed by atoms with van der Waals surface area (Å²) in [5, 5.41) is 0.336. The van der Waals surface area contributed by atoms with E-state index >= 15 is 0 Å². The van der Waals surface area contributed by atoms with E-state index in [2.05, 4.69) is 33.6 Å². The van der Waals surface area contributed by atoms with Gasteiger partial charge in [0.25, 0.3) is 0 Å². The summed E-state index contributed by atoms with van der Waals surface area (Å²) in [4.78, 5) is 26.4. The van der Waals surface area contributed by atoms with Crippen LogP contribution in [0.25, 0.3) is 0 Å². The van der Waals surface area contributed by atoms with Crippen LogP contribution in [0.1, 0.15) is 13.8 Å². The zero-order valence-corrected chi connectivity index (χ0v) is 13.9. The number of carbonyl (C=O) groups is 1. The second-order valence-corrected chi connectivity index (χ2v) is 5.62. The van der Waals surface area contributed by atoms with Crippen LogP contribution in [0, 0.1) is 0 Å². The number of hydrogen-bond donors (Lipinski definition) is 1. The fraction of sp³-hybridized carbons (Fsp3) is 0.643. The highest BCUT2D eigenvalue weighted by Crippen LogP contribution is 2.18. The Balaban J connectivity index is 1.91. The molecule has 1 amide bonds. The number of carbonyl (C=O) groups excluding carboxylic acids is 1. The summed E-state index contributed by atoms with van der Waals surface area (Å²) in [5.41, 5.74) is 5.62. The predicted molar refractivity (Wildman–Crippen MR) is 88.0 cm³/mol. The molecule has 122 valence electrons. The number of likely N-dealkylation sites (N-methyl/N-ethyl adjacent to an activating group) is 1. The quantitative estimate of drug-likeness (QED) is 0.803. The molecule has 2 rings (SSSR count). The highest BCUT2D eigenvalue weighted by atomic mass is 35.5. The van der Waals surface area contributed by atoms with Gasteiger partial charge in [-0.15, -0.1) is 0 Å². The molecule has 22 heavy (non-hydrogen) atoms. The third-order valence-corrected chi connectivity index (χ3v) is 4.10. The van der Waals surface area contributed by atoms with Gasteiger partial charge in [-0.25, -0.2) is 4.98 Å². The summed E-state index contributed by atoms with van der Waals surface area (Å²) in [6.45, 7) is 9.20. The van der Waals surface area contributed by atoms with Gasteiger partial charge in [0.1, 0.15) is 11.0 Å². The second kappa shape index (κ2) is 7.60. The summed E-state index contributed by atoms with van der Waals surface area (Å²) >= 11 is 5.91. The van der Waals surface area contributed by atoms with Crippen molar-refractivity contribution in [2.45, 2.75) is 13.8 Å². The van der Waals surface area contributed by atoms with Crippen molar-refractivity contribution in [2.75, 3.05) is 56.4 Å². The molecule has 0 spiro atoms. The number of anilines is 2. The summed E-state index contributed by atoms with van der Waals surface area (Å²) in [6.07, 6.45) is 0. The van der Waals surface area contributed by atoms with E-state index in [-0.39, 0.29) is 11.9 Å². The van der Waals surface area contributed by atoms with Crippen LogP contribution >= 0.6 is 11.6 Å². The van der Waals surface area contributed by atoms with Gasteiger partial charge in [-0.05, 0) is 13.1 Å². The number of hydrogen-bond acceptors (Lipinski definition) is 6. The van der Waals surface area contributed by atoms with Crippen LogP contribution < -0.4 is 10.6 Å². The van der Waals surface area contributed by atoms with Crippen LogP contribution in [0.5, 0.6) is 0 Å². The predicted octanol–water partition coefficient (Wildman–Crippen LogP) is 0.703. The Morgan fingerprint density at radius 1 is 1.27 bits per heavy atom. The van der Waals surface area contributed by atoms with E-state index in [0.717, 1.165) is 26.2 Å². The number of nitrogens with two attached hydrogens (primary N) is 1. The smallest absolute Gasteiger partial charge is 0.236 e. The van der Waals surface area contributed by atoms with Gasteiger partial charge in [0.2, 0.25) is 11.9 Å². The van der Waals surface area contributed by atoms with Crippen LogP contribution in [0.2, 0.25) is 5.15 Å². The maximum absolute atomic E-state index is 12.3. The highest BCUT2D eigenvalue weighted by molar-refractivity contribution is 6.29. The van der Waals surface area contributed by atoms with E-state index in [0.29, 0.717) is 30.6 Å². The number of rotatable bonds is 5. The lowest BCUT2D eigenvalue weighted by molar-refractivity contribution is -0.132. The molecule has 1 fully saturated rings. The standard InChI is InChI=1S/C14H23ClN6O/c1-3-19(4-2)10-13(22)21-7-5-20(6-8-21)12-9-11(15)17-14(16)18-12/h9H,3-8,10H2,1-2H3,(H2,16,17,18). The van der Waals surface area contributed by atoms with Crippen molar-refractivity contribution in [1.82, 2.24) is 19.8 Å². The van der Waals surface area contributed by atoms with E-state index < -0.39 is 0 Å². The van der Waals surface area contributed by atoms with Gasteiger partial charge in [0.15, 0.2) is 0 Å². The molecule has 0 saturated carbocycles. The minimum Gasteiger partial charge on any atom is -0.368 e. The van der Waals surface area contributed by atoms with Crippen LogP contribution in [-0.4, -0.2) is 71.5 Å². The first-order valence-electron chi connectivity index (χ1n) is 7.58. The number of amides is 1. The SMILES string of the molecule is CCN(CC)CC(=O)N1CCN(c2cc(Cl)nc(N)n2)CC1. The maximum Gasteiger partial charge on any atom is 0.236 e. The molecule has 0 bridgehead atoms. The van der Waals surface area contributed by atoms with Crippen molar-refractivity contribution in [3.8, 4) is 0 Å². The molecule has 1 aromatic heterocycles. The first-order valence-corrected chi connectivity index (χ1v) is 7.96. The van der Waals surface area contributed by atoms with Gasteiger partial charge in [-0.1, -0.05) is 25.4 Å². The van der Waals surface area contributed by atoms with Crippen LogP contribution in [0.4, 0.5) is 11.8 Å². The van der Waals surface area contributed by atoms with Crippen molar-refractivity contribution in [1.29, 1.82) is 0 Å². The average Bonchev–Trinajstić information content (AvgIpc) is 2.51. The fourth-order valence-corrected chi connectivity index (χ4v) is 2.69. The minimum atomic E-state index is 0.169. The molecule has 1 aliphatic heterocycles. The molecular formula is C14H23ClN6O. The lowest BCUT2D eigenvalue weighted by atomic mass is 10.3. The third kappa shape index (κ3) is 4.20. The van der Waals surface area contributed by atoms with Gasteiger partial charge in [-0.3, -0.25) is 9.69 Å². The topological polar surface area (TPSA) is 78.6 Å². The molecule has 2 heterocycles. The Hall–Kier alpha value is -1.60. The Morgan fingerprint density at radius 3 is 2.45 bits per heavy atom. The lowest BCUT2D eigenvalue weighted by Gasteiger charge is -2.36. The summed E-state index contributed by atoms with van der Waals surface area (Å²) in [6, 6.07) is 1.70. The molecule has 2 N–H and O–H groups in total. The third-order valence-electron chi connectivity index (χ3n) is 3.91. The highest BCUT2D eigenvalue weighted by Gasteiger charge is 2.23. The first kappa shape index (κ1) is 16.8. The Kier molecular flexibility index (Phi) is 5.79. The van der Waals surface area contributed by atoms with Crippen LogP contribution in [0.15, 0.2) is 6.07 Å². The fourth-order valence-electron chi connectivity index (χ4n) is 2.51. The Labute approximate surface area is 136 Å². The molecule has 0 atom stereocenters. The summed E-state index contributed by atoms with van der Waals surface area (Å²) < 4.78 is 0. The average molecular weight is 327 g/mol. The van der Waals surface area contributed by atoms with Crippen LogP contribution in [0.3, 0.4) is 0 Å². The molecule has 0 aliphatic carbocycles. The zero-order valence-electron chi connectivity index (χ0n) is 13.1. The normalized spacial score (nSPS) is 15.5. The maximum atomic E-state index is 12.3. The van der Waals surface area contributed by atoms with Crippen LogP contribution in [-0.2, 0) is 4.79 Å². The molecule has 0 aromatic carbocycles. The van der Waals surface area contributed by atoms with Crippen molar-refractivity contribution in [3.63, 3.8) is 0 Å². The van der Waals surface area contributed by atoms with E-state index in [1.54, 1.807) is 6.07 Å². The van der Waals surface area contributed by atoms with E-state index in [1.807, 2.05) is 4.90 Å². The number of nitrogen functional groups attached to an aromatic ring is 1. The van der Waals surface area contributed by atoms with Crippen molar-refractivity contribution in [3.05, 3.63) is 11.2 Å². The van der Waals surface area contributed by atoms with Gasteiger partial charge >= 0.3 is 0 Å². The molecule has 1 aromatic rings. The van der Waals surface area contributed by atoms with Gasteiger partial charge < -0.3 is 15.5 Å². The number of nitrogens with zero attached hydrogens (tertiary/aromatic N) is 5. The monoisotopic (exact) mass is 326 g/mol. The molecule has 0 unspecified atom stereocenters. The number of halogens is 1. The molecule has 1 aliphatic rings. The second-order valence-electron chi connectivity index (χ2n) is 5.24. The lowest BCUT2D eigenvalue weighted by Crippen LogP contribution is -2.51. The Morgan fingerprint density at radius 2 is 1.91 bits per heavy atom. The molecule has 1 saturated heterocycles. The molecule has 0 radical (unpaired) electrons. The zero-order chi connectivity index (χ0) is 16.1. The van der Waals surface area contributed by atoms with Gasteiger partial charge in [-0.2, -0.15) is 4.98 Å². The van der Waals surface area contributed by atoms with Crippen molar-refractivity contribution >= 4 is 29.3 Å². The number of piperazine rings is 1. The summed E-state index contributed by atoms with van der Waals surface area (Å²) in [5.74, 6) is 1.07. The van der Waals surface area contributed by atoms with Gasteiger partial charge in [0, 0.05) is 32.2 Å². The van der Waals surface area contributed by atoms with Gasteiger partial charge in [0.05, 0.1) is 6.54 Å². The van der Waals surface area contributed by atoms with E-state index in [4.69, 9.17) is 17.3 Å². The molecule has 8 heteroatoms.